The quantitative estimate of drug-likeness (QED) is 0.200. The highest BCUT2D eigenvalue weighted by atomic mass is 127. The summed E-state index contributed by atoms with van der Waals surface area (Å²) in [5, 5.41) is 9.49. The van der Waals surface area contributed by atoms with E-state index in [4.69, 9.17) is 4.74 Å². The second-order valence-electron chi connectivity index (χ2n) is 7.12. The van der Waals surface area contributed by atoms with Crippen molar-refractivity contribution >= 4 is 35.8 Å². The van der Waals surface area contributed by atoms with Crippen LogP contribution in [0.2, 0.25) is 0 Å². The molecule has 2 atom stereocenters. The number of guanidine groups is 1. The third-order valence-corrected chi connectivity index (χ3v) is 4.41. The number of hydrogen-bond acceptors (Lipinski definition) is 4. The van der Waals surface area contributed by atoms with Gasteiger partial charge in [-0.3, -0.25) is 14.7 Å². The first kappa shape index (κ1) is 23.4. The van der Waals surface area contributed by atoms with Gasteiger partial charge in [-0.25, -0.2) is 0 Å². The first-order valence-electron chi connectivity index (χ1n) is 9.76. The van der Waals surface area contributed by atoms with Gasteiger partial charge < -0.3 is 20.7 Å². The molecule has 0 aromatic rings. The average Bonchev–Trinajstić information content (AvgIpc) is 3.39. The van der Waals surface area contributed by atoms with Crippen molar-refractivity contribution in [1.82, 2.24) is 20.9 Å². The molecule has 0 aromatic heterocycles. The van der Waals surface area contributed by atoms with Crippen molar-refractivity contribution in [1.29, 1.82) is 0 Å². The van der Waals surface area contributed by atoms with Gasteiger partial charge in [-0.1, -0.05) is 0 Å². The molecule has 152 valence electrons. The number of hydrogen-bond donors (Lipinski definition) is 3. The molecule has 1 aliphatic carbocycles. The molecular weight excluding hydrogens is 445 g/mol. The van der Waals surface area contributed by atoms with Crippen molar-refractivity contribution in [3.8, 4) is 0 Å². The molecule has 1 saturated carbocycles. The van der Waals surface area contributed by atoms with Crippen LogP contribution in [0.4, 0.5) is 0 Å². The molecule has 1 aliphatic heterocycles. The molecule has 2 fully saturated rings. The lowest BCUT2D eigenvalue weighted by Crippen LogP contribution is -2.45. The Morgan fingerprint density at radius 3 is 2.38 bits per heavy atom. The van der Waals surface area contributed by atoms with E-state index in [1.165, 1.54) is 0 Å². The largest absolute Gasteiger partial charge is 0.373 e. The Kier molecular flexibility index (Phi) is 11.5. The number of ether oxygens (including phenoxy) is 1. The van der Waals surface area contributed by atoms with Crippen LogP contribution in [0.5, 0.6) is 0 Å². The fourth-order valence-corrected chi connectivity index (χ4v) is 3.15. The molecule has 0 spiro atoms. The summed E-state index contributed by atoms with van der Waals surface area (Å²) < 4.78 is 5.76. The molecule has 0 bridgehead atoms. The van der Waals surface area contributed by atoms with Gasteiger partial charge >= 0.3 is 0 Å². The lowest BCUT2D eigenvalue weighted by Gasteiger charge is -2.35. The molecule has 0 radical (unpaired) electrons. The Hall–Kier alpha value is -0.610. The highest BCUT2D eigenvalue weighted by Gasteiger charge is 2.29. The Labute approximate surface area is 175 Å². The Morgan fingerprint density at radius 1 is 1.12 bits per heavy atom. The smallest absolute Gasteiger partial charge is 0.223 e. The number of carbonyl (C=O) groups excluding carboxylic acids is 1. The van der Waals surface area contributed by atoms with E-state index >= 15 is 0 Å². The molecule has 2 unspecified atom stereocenters. The highest BCUT2D eigenvalue weighted by Crippen LogP contribution is 2.28. The first-order valence-corrected chi connectivity index (χ1v) is 9.76. The van der Waals surface area contributed by atoms with Gasteiger partial charge in [0, 0.05) is 51.7 Å². The van der Waals surface area contributed by atoms with E-state index in [0.717, 1.165) is 57.9 Å². The predicted octanol–water partition coefficient (Wildman–Crippen LogP) is 1.19. The third kappa shape index (κ3) is 9.36. The molecular formula is C18H36IN5O2. The minimum Gasteiger partial charge on any atom is -0.373 e. The molecule has 1 heterocycles. The van der Waals surface area contributed by atoms with Crippen molar-refractivity contribution in [2.45, 2.75) is 52.2 Å². The summed E-state index contributed by atoms with van der Waals surface area (Å²) in [4.78, 5) is 18.7. The number of halogens is 1. The number of amides is 1. The second-order valence-corrected chi connectivity index (χ2v) is 7.12. The number of rotatable bonds is 9. The normalized spacial score (nSPS) is 23.9. The topological polar surface area (TPSA) is 78.0 Å². The van der Waals surface area contributed by atoms with E-state index < -0.39 is 0 Å². The molecule has 7 nitrogen and oxygen atoms in total. The van der Waals surface area contributed by atoms with Crippen molar-refractivity contribution < 1.29 is 9.53 Å². The van der Waals surface area contributed by atoms with E-state index in [0.29, 0.717) is 25.3 Å². The molecule has 3 N–H and O–H groups in total. The van der Waals surface area contributed by atoms with E-state index in [2.05, 4.69) is 46.6 Å². The summed E-state index contributed by atoms with van der Waals surface area (Å²) in [7, 11) is 0. The van der Waals surface area contributed by atoms with Crippen LogP contribution >= 0.6 is 24.0 Å². The van der Waals surface area contributed by atoms with E-state index in [-0.39, 0.29) is 35.8 Å². The Balaban J connectivity index is 0.00000338. The Bertz CT molecular complexity index is 435. The van der Waals surface area contributed by atoms with Gasteiger partial charge in [-0.15, -0.1) is 24.0 Å². The highest BCUT2D eigenvalue weighted by molar-refractivity contribution is 14.0. The van der Waals surface area contributed by atoms with Gasteiger partial charge in [-0.05, 0) is 40.0 Å². The summed E-state index contributed by atoms with van der Waals surface area (Å²) in [6.45, 7) is 12.4. The van der Waals surface area contributed by atoms with Crippen molar-refractivity contribution in [3.05, 3.63) is 0 Å². The van der Waals surface area contributed by atoms with Gasteiger partial charge in [0.2, 0.25) is 5.91 Å². The summed E-state index contributed by atoms with van der Waals surface area (Å²) in [5.41, 5.74) is 0. The van der Waals surface area contributed by atoms with Crippen molar-refractivity contribution in [2.24, 2.45) is 10.9 Å². The zero-order valence-electron chi connectivity index (χ0n) is 16.4. The van der Waals surface area contributed by atoms with Gasteiger partial charge in [0.1, 0.15) is 0 Å². The van der Waals surface area contributed by atoms with Crippen LogP contribution in [0.25, 0.3) is 0 Å². The molecule has 1 amide bonds. The Morgan fingerprint density at radius 2 is 1.77 bits per heavy atom. The molecule has 8 heteroatoms. The summed E-state index contributed by atoms with van der Waals surface area (Å²) in [5.74, 6) is 1.29. The maximum Gasteiger partial charge on any atom is 0.223 e. The lowest BCUT2D eigenvalue weighted by molar-refractivity contribution is -0.122. The predicted molar refractivity (Wildman–Crippen MR) is 116 cm³/mol. The number of nitrogens with zero attached hydrogens (tertiary/aromatic N) is 2. The van der Waals surface area contributed by atoms with Crippen LogP contribution in [0.15, 0.2) is 4.99 Å². The molecule has 0 aromatic carbocycles. The van der Waals surface area contributed by atoms with Crippen LogP contribution in [0, 0.1) is 5.92 Å². The van der Waals surface area contributed by atoms with Crippen LogP contribution in [-0.2, 0) is 9.53 Å². The van der Waals surface area contributed by atoms with E-state index in [1.807, 2.05) is 0 Å². The fraction of sp³-hybridized carbons (Fsp3) is 0.889. The second kappa shape index (κ2) is 12.7. The number of morpholine rings is 1. The maximum atomic E-state index is 11.6. The van der Waals surface area contributed by atoms with E-state index in [9.17, 15) is 4.79 Å². The van der Waals surface area contributed by atoms with Crippen LogP contribution in [0.1, 0.15) is 40.0 Å². The van der Waals surface area contributed by atoms with E-state index in [1.54, 1.807) is 0 Å². The fourth-order valence-electron chi connectivity index (χ4n) is 3.15. The number of carbonyl (C=O) groups is 1. The minimum absolute atomic E-state index is 0. The monoisotopic (exact) mass is 481 g/mol. The zero-order valence-corrected chi connectivity index (χ0v) is 18.8. The molecule has 2 rings (SSSR count). The lowest BCUT2D eigenvalue weighted by atomic mass is 10.2. The molecule has 1 saturated heterocycles. The summed E-state index contributed by atoms with van der Waals surface area (Å²) in [6, 6.07) is 0. The maximum absolute atomic E-state index is 11.6. The SMILES string of the molecule is CCNC(=NCCCN1CC(C)OC(C)C1)NCCNC(=O)C1CC1.I. The standard InChI is InChI=1S/C18H35N5O2.HI/c1-4-19-18(22-10-9-20-17(24)16-6-7-16)21-8-5-11-23-12-14(2)25-15(3)13-23;/h14-16H,4-13H2,1-3H3,(H,20,24)(H2,19,21,22);1H. The molecule has 26 heavy (non-hydrogen) atoms. The number of nitrogens with one attached hydrogen (secondary N) is 3. The third-order valence-electron chi connectivity index (χ3n) is 4.41. The average molecular weight is 481 g/mol. The zero-order chi connectivity index (χ0) is 18.1. The van der Waals surface area contributed by atoms with Gasteiger partial charge in [0.05, 0.1) is 12.2 Å². The van der Waals surface area contributed by atoms with Crippen LogP contribution in [-0.4, -0.2) is 74.8 Å². The van der Waals surface area contributed by atoms with Crippen molar-refractivity contribution in [2.75, 3.05) is 45.8 Å². The van der Waals surface area contributed by atoms with Crippen molar-refractivity contribution in [3.63, 3.8) is 0 Å². The van der Waals surface area contributed by atoms with Crippen LogP contribution < -0.4 is 16.0 Å². The molecule has 2 aliphatic rings. The van der Waals surface area contributed by atoms with Gasteiger partial charge in [0.15, 0.2) is 5.96 Å². The summed E-state index contributed by atoms with van der Waals surface area (Å²) in [6.07, 6.45) is 3.76. The van der Waals surface area contributed by atoms with Gasteiger partial charge in [-0.2, -0.15) is 0 Å². The minimum atomic E-state index is 0. The first-order chi connectivity index (χ1) is 12.1. The summed E-state index contributed by atoms with van der Waals surface area (Å²) >= 11 is 0. The number of aliphatic imine (C=N–C) groups is 1. The van der Waals surface area contributed by atoms with Crippen LogP contribution in [0.3, 0.4) is 0 Å². The van der Waals surface area contributed by atoms with Gasteiger partial charge in [0.25, 0.3) is 0 Å².